The number of H-pyrrole nitrogens is 1. The number of nitrogens with zero attached hydrogens (tertiary/aromatic N) is 2. The number of fused-ring (bicyclic) bond motifs is 1. The summed E-state index contributed by atoms with van der Waals surface area (Å²) in [5.74, 6) is -0.0380. The zero-order chi connectivity index (χ0) is 20.3. The lowest BCUT2D eigenvalue weighted by Gasteiger charge is -2.18. The molecule has 0 unspecified atom stereocenters. The molecule has 158 valence electrons. The van der Waals surface area contributed by atoms with E-state index in [9.17, 15) is 13.2 Å². The molecule has 0 amide bonds. The monoisotopic (exact) mass is 469 g/mol. The van der Waals surface area contributed by atoms with Gasteiger partial charge in [0.2, 0.25) is 5.28 Å². The van der Waals surface area contributed by atoms with Gasteiger partial charge in [-0.2, -0.15) is 18.2 Å². The van der Waals surface area contributed by atoms with E-state index in [0.29, 0.717) is 13.0 Å². The van der Waals surface area contributed by atoms with Crippen molar-refractivity contribution in [3.8, 4) is 5.75 Å². The van der Waals surface area contributed by atoms with Crippen LogP contribution in [0.15, 0.2) is 30.5 Å². The molecule has 1 aromatic carbocycles. The highest BCUT2D eigenvalue weighted by Gasteiger charge is 2.37. The van der Waals surface area contributed by atoms with E-state index in [1.807, 2.05) is 30.5 Å². The maximum atomic E-state index is 12.6. The number of ether oxygens (including phenoxy) is 1. The van der Waals surface area contributed by atoms with Gasteiger partial charge < -0.3 is 20.8 Å². The molecule has 0 fully saturated rings. The molecule has 12 heteroatoms. The summed E-state index contributed by atoms with van der Waals surface area (Å²) in [4.78, 5) is 10.8. The first-order valence-electron chi connectivity index (χ1n) is 8.22. The van der Waals surface area contributed by atoms with E-state index in [-0.39, 0.29) is 34.4 Å². The lowest BCUT2D eigenvalue weighted by atomic mass is 10.1. The second kappa shape index (κ2) is 9.71. The van der Waals surface area contributed by atoms with Gasteiger partial charge in [0.05, 0.1) is 0 Å². The first kappa shape index (κ1) is 23.3. The molecular weight excluding hydrogens is 454 g/mol. The number of alkyl halides is 3. The predicted octanol–water partition coefficient (Wildman–Crippen LogP) is 4.61. The highest BCUT2D eigenvalue weighted by atomic mass is 35.5. The number of aromatic nitrogens is 3. The number of anilines is 1. The molecule has 6 nitrogen and oxygen atoms in total. The van der Waals surface area contributed by atoms with Crippen molar-refractivity contribution in [3.63, 3.8) is 0 Å². The Labute approximate surface area is 180 Å². The van der Waals surface area contributed by atoms with Gasteiger partial charge in [-0.15, -0.1) is 12.4 Å². The van der Waals surface area contributed by atoms with Crippen molar-refractivity contribution in [3.05, 3.63) is 46.5 Å². The van der Waals surface area contributed by atoms with Gasteiger partial charge >= 0.3 is 6.18 Å². The minimum absolute atomic E-state index is 0. The Bertz CT molecular complexity index is 967. The average molecular weight is 471 g/mol. The summed E-state index contributed by atoms with van der Waals surface area (Å²) in [5, 5.41) is 3.69. The SMILES string of the molecule is Cl.N[C@H](COc1c(Cl)nc(Cl)nc1NCCc1c[nH]c2ccccc12)C(F)(F)F. The van der Waals surface area contributed by atoms with Crippen molar-refractivity contribution in [2.75, 3.05) is 18.5 Å². The molecule has 0 radical (unpaired) electrons. The first-order chi connectivity index (χ1) is 13.3. The third kappa shape index (κ3) is 5.79. The molecule has 0 bridgehead atoms. The van der Waals surface area contributed by atoms with E-state index < -0.39 is 18.8 Å². The number of benzene rings is 1. The maximum Gasteiger partial charge on any atom is 0.406 e. The number of nitrogens with one attached hydrogen (secondary N) is 2. The van der Waals surface area contributed by atoms with E-state index in [2.05, 4.69) is 20.3 Å². The summed E-state index contributed by atoms with van der Waals surface area (Å²) in [6.45, 7) is -0.418. The molecule has 29 heavy (non-hydrogen) atoms. The minimum Gasteiger partial charge on any atom is -0.485 e. The topological polar surface area (TPSA) is 88.8 Å². The molecule has 2 heterocycles. The van der Waals surface area contributed by atoms with Gasteiger partial charge in [0.15, 0.2) is 16.7 Å². The van der Waals surface area contributed by atoms with Crippen molar-refractivity contribution in [1.82, 2.24) is 15.0 Å². The van der Waals surface area contributed by atoms with E-state index in [1.165, 1.54) is 0 Å². The fraction of sp³-hybridized carbons (Fsp3) is 0.294. The molecule has 0 aliphatic heterocycles. The highest BCUT2D eigenvalue weighted by molar-refractivity contribution is 6.33. The average Bonchev–Trinajstić information content (AvgIpc) is 3.03. The van der Waals surface area contributed by atoms with Gasteiger partial charge in [-0.25, -0.2) is 4.98 Å². The normalized spacial score (nSPS) is 12.5. The molecule has 0 spiro atoms. The van der Waals surface area contributed by atoms with Crippen LogP contribution in [0, 0.1) is 0 Å². The van der Waals surface area contributed by atoms with Crippen LogP contribution < -0.4 is 15.8 Å². The van der Waals surface area contributed by atoms with Crippen LogP contribution in [0.25, 0.3) is 10.9 Å². The van der Waals surface area contributed by atoms with Crippen LogP contribution in [0.2, 0.25) is 10.4 Å². The Morgan fingerprint density at radius 3 is 2.66 bits per heavy atom. The number of halogens is 6. The number of para-hydroxylation sites is 1. The van der Waals surface area contributed by atoms with Crippen LogP contribution in [-0.2, 0) is 6.42 Å². The number of aromatic amines is 1. The summed E-state index contributed by atoms with van der Waals surface area (Å²) >= 11 is 11.8. The fourth-order valence-electron chi connectivity index (χ4n) is 2.57. The number of hydrogen-bond donors (Lipinski definition) is 3. The Kier molecular flexibility index (Phi) is 7.81. The van der Waals surface area contributed by atoms with E-state index >= 15 is 0 Å². The summed E-state index contributed by atoms with van der Waals surface area (Å²) in [7, 11) is 0. The smallest absolute Gasteiger partial charge is 0.406 e. The van der Waals surface area contributed by atoms with Crippen molar-refractivity contribution < 1.29 is 17.9 Å². The van der Waals surface area contributed by atoms with Gasteiger partial charge in [-0.3, -0.25) is 0 Å². The molecule has 0 saturated heterocycles. The van der Waals surface area contributed by atoms with Gasteiger partial charge in [0, 0.05) is 23.6 Å². The standard InChI is InChI=1S/C17H16Cl2F3N5O.ClH/c18-14-13(28-8-12(23)17(20,21)22)15(27-16(19)26-14)24-6-5-9-7-25-11-4-2-1-3-10(9)11;/h1-4,7,12,25H,5-6,8,23H2,(H,24,26,27);1H/t12-;/m1./s1. The second-order valence-corrected chi connectivity index (χ2v) is 6.65. The number of nitrogens with two attached hydrogens (primary N) is 1. The Hall–Kier alpha value is -1.94. The molecule has 0 aliphatic carbocycles. The fourth-order valence-corrected chi connectivity index (χ4v) is 3.00. The van der Waals surface area contributed by atoms with E-state index in [1.54, 1.807) is 0 Å². The zero-order valence-electron chi connectivity index (χ0n) is 14.8. The van der Waals surface area contributed by atoms with Crippen LogP contribution >= 0.6 is 35.6 Å². The van der Waals surface area contributed by atoms with Crippen molar-refractivity contribution >= 4 is 52.3 Å². The molecular formula is C17H17Cl3F3N5O. The van der Waals surface area contributed by atoms with Crippen molar-refractivity contribution in [1.29, 1.82) is 0 Å². The molecule has 3 aromatic rings. The van der Waals surface area contributed by atoms with Crippen LogP contribution in [0.1, 0.15) is 5.56 Å². The summed E-state index contributed by atoms with van der Waals surface area (Å²) in [6, 6.07) is 5.66. The van der Waals surface area contributed by atoms with Crippen LogP contribution in [0.5, 0.6) is 5.75 Å². The van der Waals surface area contributed by atoms with Crippen molar-refractivity contribution in [2.45, 2.75) is 18.6 Å². The third-order valence-electron chi connectivity index (χ3n) is 3.99. The summed E-state index contributed by atoms with van der Waals surface area (Å²) in [5.41, 5.74) is 7.14. The number of rotatable bonds is 7. The highest BCUT2D eigenvalue weighted by Crippen LogP contribution is 2.32. The Morgan fingerprint density at radius 1 is 1.21 bits per heavy atom. The summed E-state index contributed by atoms with van der Waals surface area (Å²) < 4.78 is 42.9. The maximum absolute atomic E-state index is 12.6. The largest absolute Gasteiger partial charge is 0.485 e. The summed E-state index contributed by atoms with van der Waals surface area (Å²) in [6.07, 6.45) is -2.08. The van der Waals surface area contributed by atoms with Gasteiger partial charge in [-0.05, 0) is 29.7 Å². The molecule has 0 aliphatic rings. The molecule has 0 saturated carbocycles. The quantitative estimate of drug-likeness (QED) is 0.347. The van der Waals surface area contributed by atoms with E-state index in [4.69, 9.17) is 33.7 Å². The molecule has 1 atom stereocenters. The molecule has 4 N–H and O–H groups in total. The Balaban J connectivity index is 0.00000300. The lowest BCUT2D eigenvalue weighted by Crippen LogP contribution is -2.42. The second-order valence-electron chi connectivity index (χ2n) is 5.96. The zero-order valence-corrected chi connectivity index (χ0v) is 17.1. The number of hydrogen-bond acceptors (Lipinski definition) is 5. The van der Waals surface area contributed by atoms with Crippen LogP contribution in [-0.4, -0.2) is 40.3 Å². The third-order valence-corrected chi connectivity index (χ3v) is 4.41. The minimum atomic E-state index is -4.59. The lowest BCUT2D eigenvalue weighted by molar-refractivity contribution is -0.153. The van der Waals surface area contributed by atoms with Crippen molar-refractivity contribution in [2.24, 2.45) is 5.73 Å². The predicted molar refractivity (Wildman–Crippen MR) is 109 cm³/mol. The van der Waals surface area contributed by atoms with Crippen LogP contribution in [0.3, 0.4) is 0 Å². The molecule has 2 aromatic heterocycles. The molecule has 3 rings (SSSR count). The van der Waals surface area contributed by atoms with Gasteiger partial charge in [0.1, 0.15) is 12.6 Å². The first-order valence-corrected chi connectivity index (χ1v) is 8.98. The Morgan fingerprint density at radius 2 is 1.93 bits per heavy atom. The van der Waals surface area contributed by atoms with E-state index in [0.717, 1.165) is 16.5 Å². The van der Waals surface area contributed by atoms with Gasteiger partial charge in [-0.1, -0.05) is 29.8 Å². The van der Waals surface area contributed by atoms with Gasteiger partial charge in [0.25, 0.3) is 0 Å². The van der Waals surface area contributed by atoms with Crippen LogP contribution in [0.4, 0.5) is 19.0 Å².